The number of hydrogen-bond donors (Lipinski definition) is 2. The summed E-state index contributed by atoms with van der Waals surface area (Å²) in [6, 6.07) is 5.42. The second-order valence-corrected chi connectivity index (χ2v) is 12.2. The van der Waals surface area contributed by atoms with Crippen LogP contribution >= 0.6 is 0 Å². The number of nitrogens with zero attached hydrogens (tertiary/aromatic N) is 3. The van der Waals surface area contributed by atoms with Crippen molar-refractivity contribution in [1.29, 1.82) is 0 Å². The third-order valence-corrected chi connectivity index (χ3v) is 7.77. The molecule has 9 heteroatoms. The lowest BCUT2D eigenvalue weighted by Crippen LogP contribution is -2.48. The number of carboxylic acid groups (broad SMARTS) is 1. The van der Waals surface area contributed by atoms with E-state index in [9.17, 15) is 14.0 Å². The van der Waals surface area contributed by atoms with Gasteiger partial charge < -0.3 is 15.7 Å². The minimum absolute atomic E-state index is 0.0111. The molecule has 1 aromatic rings. The Morgan fingerprint density at radius 3 is 2.53 bits per heavy atom. The van der Waals surface area contributed by atoms with Gasteiger partial charge in [-0.15, -0.1) is 0 Å². The minimum Gasteiger partial charge on any atom is -0.481 e. The third-order valence-electron chi connectivity index (χ3n) is 7.77. The van der Waals surface area contributed by atoms with Gasteiger partial charge in [0.1, 0.15) is 11.7 Å². The molecule has 1 unspecified atom stereocenters. The number of oxime groups is 1. The molecule has 0 fully saturated rings. The van der Waals surface area contributed by atoms with E-state index in [1.807, 2.05) is 26.0 Å². The highest BCUT2D eigenvalue weighted by atomic mass is 19.1. The number of halogens is 1. The Hall–Kier alpha value is -4.27. The Morgan fingerprint density at radius 2 is 1.95 bits per heavy atom. The van der Waals surface area contributed by atoms with E-state index >= 15 is 0 Å². The van der Waals surface area contributed by atoms with Gasteiger partial charge in [-0.1, -0.05) is 68.4 Å². The lowest BCUT2D eigenvalue weighted by Gasteiger charge is -2.38. The van der Waals surface area contributed by atoms with Gasteiger partial charge in [0.05, 0.1) is 11.2 Å². The van der Waals surface area contributed by atoms with E-state index in [1.165, 1.54) is 22.6 Å². The van der Waals surface area contributed by atoms with Crippen LogP contribution in [-0.4, -0.2) is 39.6 Å². The Labute approximate surface area is 253 Å². The molecule has 2 aliphatic rings. The van der Waals surface area contributed by atoms with E-state index in [4.69, 9.17) is 20.7 Å². The van der Waals surface area contributed by atoms with Crippen molar-refractivity contribution in [2.45, 2.75) is 85.1 Å². The molecular weight excluding hydrogens is 547 g/mol. The Morgan fingerprint density at radius 1 is 1.23 bits per heavy atom. The van der Waals surface area contributed by atoms with E-state index in [-0.39, 0.29) is 29.9 Å². The molecule has 43 heavy (non-hydrogen) atoms. The monoisotopic (exact) mass is 590 g/mol. The van der Waals surface area contributed by atoms with Crippen LogP contribution in [0.1, 0.15) is 83.8 Å². The SMILES string of the molecule is C=C(ON=C(N)c1ccc(C)c(N=C(CCCCC(=O)O)N(C=O)C2(C)C=CC(F)=CC2)c1)C1=CC=C(C(C)(C)C)CC1. The summed E-state index contributed by atoms with van der Waals surface area (Å²) in [7, 11) is 0. The average Bonchev–Trinajstić information content (AvgIpc) is 2.96. The maximum atomic E-state index is 13.8. The molecule has 3 rings (SSSR count). The summed E-state index contributed by atoms with van der Waals surface area (Å²) in [6.45, 7) is 14.3. The van der Waals surface area contributed by atoms with Gasteiger partial charge in [-0.2, -0.15) is 0 Å². The zero-order chi connectivity index (χ0) is 31.8. The fourth-order valence-electron chi connectivity index (χ4n) is 4.88. The summed E-state index contributed by atoms with van der Waals surface area (Å²) in [6.07, 6.45) is 12.5. The predicted octanol–water partition coefficient (Wildman–Crippen LogP) is 7.54. The number of carbonyl (C=O) groups is 2. The summed E-state index contributed by atoms with van der Waals surface area (Å²) < 4.78 is 13.8. The number of amides is 1. The molecule has 1 aromatic carbocycles. The van der Waals surface area contributed by atoms with Gasteiger partial charge in [-0.3, -0.25) is 14.5 Å². The number of amidine groups is 2. The first-order chi connectivity index (χ1) is 20.2. The molecule has 2 aliphatic carbocycles. The molecular formula is C34H43FN4O4. The van der Waals surface area contributed by atoms with Crippen LogP contribution in [0.25, 0.3) is 0 Å². The number of benzene rings is 1. The first-order valence-corrected chi connectivity index (χ1v) is 14.5. The van der Waals surface area contributed by atoms with Crippen molar-refractivity contribution in [1.82, 2.24) is 4.90 Å². The van der Waals surface area contributed by atoms with Gasteiger partial charge >= 0.3 is 5.97 Å². The van der Waals surface area contributed by atoms with Crippen molar-refractivity contribution in [2.75, 3.05) is 0 Å². The molecule has 0 heterocycles. The van der Waals surface area contributed by atoms with Crippen molar-refractivity contribution in [3.05, 3.63) is 89.0 Å². The fourth-order valence-corrected chi connectivity index (χ4v) is 4.88. The van der Waals surface area contributed by atoms with E-state index in [0.717, 1.165) is 24.0 Å². The van der Waals surface area contributed by atoms with E-state index in [1.54, 1.807) is 18.2 Å². The highest BCUT2D eigenvalue weighted by Gasteiger charge is 2.33. The number of aliphatic carboxylic acids is 1. The lowest BCUT2D eigenvalue weighted by molar-refractivity contribution is -0.137. The second kappa shape index (κ2) is 14.3. The number of nitrogens with two attached hydrogens (primary N) is 1. The summed E-state index contributed by atoms with van der Waals surface area (Å²) in [5.74, 6) is -0.240. The van der Waals surface area contributed by atoms with E-state index in [0.29, 0.717) is 48.5 Å². The molecule has 1 amide bonds. The number of rotatable bonds is 12. The van der Waals surface area contributed by atoms with Crippen LogP contribution in [-0.2, 0) is 14.4 Å². The minimum atomic E-state index is -0.886. The molecule has 8 nitrogen and oxygen atoms in total. The summed E-state index contributed by atoms with van der Waals surface area (Å²) in [4.78, 5) is 35.4. The summed E-state index contributed by atoms with van der Waals surface area (Å²) in [5, 5.41) is 13.2. The number of carbonyl (C=O) groups excluding carboxylic acids is 1. The highest BCUT2D eigenvalue weighted by molar-refractivity contribution is 5.99. The normalized spacial score (nSPS) is 19.3. The smallest absolute Gasteiger partial charge is 0.303 e. The van der Waals surface area contributed by atoms with E-state index in [2.05, 4.69) is 38.6 Å². The van der Waals surface area contributed by atoms with Crippen molar-refractivity contribution >= 4 is 29.7 Å². The van der Waals surface area contributed by atoms with Crippen LogP contribution in [0.4, 0.5) is 10.1 Å². The zero-order valence-electron chi connectivity index (χ0n) is 25.8. The second-order valence-electron chi connectivity index (χ2n) is 12.2. The topological polar surface area (TPSA) is 118 Å². The zero-order valence-corrected chi connectivity index (χ0v) is 25.8. The number of aryl methyl sites for hydroxylation is 1. The quantitative estimate of drug-likeness (QED) is 0.0651. The molecule has 1 atom stereocenters. The Bertz CT molecular complexity index is 1430. The maximum Gasteiger partial charge on any atom is 0.303 e. The van der Waals surface area contributed by atoms with Crippen molar-refractivity contribution < 1.29 is 23.9 Å². The van der Waals surface area contributed by atoms with Crippen molar-refractivity contribution in [2.24, 2.45) is 21.3 Å². The molecule has 0 aliphatic heterocycles. The van der Waals surface area contributed by atoms with Gasteiger partial charge in [0, 0.05) is 18.4 Å². The lowest BCUT2D eigenvalue weighted by atomic mass is 9.80. The predicted molar refractivity (Wildman–Crippen MR) is 169 cm³/mol. The third kappa shape index (κ3) is 9.11. The van der Waals surface area contributed by atoms with Gasteiger partial charge in [0.25, 0.3) is 0 Å². The first-order valence-electron chi connectivity index (χ1n) is 14.5. The number of hydrogen-bond acceptors (Lipinski definition) is 5. The van der Waals surface area contributed by atoms with Crippen molar-refractivity contribution in [3.63, 3.8) is 0 Å². The highest BCUT2D eigenvalue weighted by Crippen LogP contribution is 2.35. The molecule has 0 spiro atoms. The van der Waals surface area contributed by atoms with Crippen LogP contribution in [0.3, 0.4) is 0 Å². The van der Waals surface area contributed by atoms with Crippen LogP contribution in [0.5, 0.6) is 0 Å². The van der Waals surface area contributed by atoms with Gasteiger partial charge in [-0.05, 0) is 80.7 Å². The number of carboxylic acids is 1. The standard InChI is InChI=1S/C34H43FN4O4/c1-23-11-12-26(32(36)38-43-24(2)25-13-15-27(16-14-25)33(3,4)5)21-29(23)37-30(9-7-8-10-31(41)42)39(22-40)34(6)19-17-28(35)18-20-34/h11-13,15,17-19,21-22H,2,7-10,14,16,20H2,1,3-6H3,(H2,36,38)(H,41,42). The van der Waals surface area contributed by atoms with Gasteiger partial charge in [-0.25, -0.2) is 9.38 Å². The van der Waals surface area contributed by atoms with Crippen molar-refractivity contribution in [3.8, 4) is 0 Å². The van der Waals surface area contributed by atoms with Crippen LogP contribution in [0.15, 0.2) is 88.0 Å². The summed E-state index contributed by atoms with van der Waals surface area (Å²) >= 11 is 0. The average molecular weight is 591 g/mol. The molecule has 0 bridgehead atoms. The molecule has 0 aromatic heterocycles. The molecule has 230 valence electrons. The van der Waals surface area contributed by atoms with Crippen LogP contribution in [0.2, 0.25) is 0 Å². The molecule has 0 saturated heterocycles. The summed E-state index contributed by atoms with van der Waals surface area (Å²) in [5.41, 5.74) is 9.87. The Balaban J connectivity index is 1.87. The van der Waals surface area contributed by atoms with Gasteiger partial charge in [0.15, 0.2) is 11.6 Å². The van der Waals surface area contributed by atoms with Gasteiger partial charge in [0.2, 0.25) is 6.41 Å². The fraction of sp³-hybridized carbons (Fsp3) is 0.412. The number of allylic oxidation sites excluding steroid dienone is 6. The first kappa shape index (κ1) is 33.2. The van der Waals surface area contributed by atoms with Crippen LogP contribution in [0, 0.1) is 12.3 Å². The molecule has 0 saturated carbocycles. The molecule has 0 radical (unpaired) electrons. The number of aliphatic imine (C=N–C) groups is 1. The maximum absolute atomic E-state index is 13.8. The Kier molecular flexibility index (Phi) is 11.0. The number of unbranched alkanes of at least 4 members (excludes halogenated alkanes) is 1. The largest absolute Gasteiger partial charge is 0.481 e. The molecule has 3 N–H and O–H groups in total. The van der Waals surface area contributed by atoms with Crippen LogP contribution < -0.4 is 5.73 Å². The van der Waals surface area contributed by atoms with E-state index < -0.39 is 11.5 Å².